The van der Waals surface area contributed by atoms with Crippen molar-refractivity contribution in [3.63, 3.8) is 0 Å². The van der Waals surface area contributed by atoms with Crippen LogP contribution in [0.25, 0.3) is 11.0 Å². The first kappa shape index (κ1) is 19.4. The molecule has 0 saturated heterocycles. The summed E-state index contributed by atoms with van der Waals surface area (Å²) in [6.45, 7) is 9.74. The SMILES string of the molecule is CC[NH+](CC)CCN1C(=O)c2oc3ccccc3c(=O)c2[C@@H]1c1ccc(C)cc1. The molecule has 3 aromatic rings. The molecule has 2 aromatic carbocycles. The number of para-hydroxylation sites is 1. The van der Waals surface area contributed by atoms with E-state index >= 15 is 0 Å². The van der Waals surface area contributed by atoms with E-state index in [-0.39, 0.29) is 17.1 Å². The van der Waals surface area contributed by atoms with E-state index < -0.39 is 6.04 Å². The van der Waals surface area contributed by atoms with Gasteiger partial charge in [0.25, 0.3) is 5.91 Å². The number of quaternary nitrogens is 1. The first-order valence-electron chi connectivity index (χ1n) is 10.3. The van der Waals surface area contributed by atoms with Crippen molar-refractivity contribution in [1.29, 1.82) is 0 Å². The molecule has 0 radical (unpaired) electrons. The first-order valence-corrected chi connectivity index (χ1v) is 10.3. The topological polar surface area (TPSA) is 55.0 Å². The number of hydrogen-bond acceptors (Lipinski definition) is 3. The molecule has 0 bridgehead atoms. The predicted molar refractivity (Wildman–Crippen MR) is 113 cm³/mol. The Morgan fingerprint density at radius 2 is 1.69 bits per heavy atom. The zero-order chi connectivity index (χ0) is 20.5. The van der Waals surface area contributed by atoms with E-state index in [0.29, 0.717) is 23.1 Å². The van der Waals surface area contributed by atoms with Gasteiger partial charge in [-0.15, -0.1) is 0 Å². The van der Waals surface area contributed by atoms with Gasteiger partial charge in [0, 0.05) is 0 Å². The van der Waals surface area contributed by atoms with Crippen LogP contribution in [0.5, 0.6) is 0 Å². The van der Waals surface area contributed by atoms with Gasteiger partial charge >= 0.3 is 0 Å². The van der Waals surface area contributed by atoms with Crippen LogP contribution in [0.2, 0.25) is 0 Å². The van der Waals surface area contributed by atoms with Gasteiger partial charge in [0.2, 0.25) is 5.76 Å². The average molecular weight is 391 g/mol. The summed E-state index contributed by atoms with van der Waals surface area (Å²) in [5, 5.41) is 0.521. The van der Waals surface area contributed by atoms with Gasteiger partial charge in [-0.05, 0) is 38.5 Å². The van der Waals surface area contributed by atoms with Crippen molar-refractivity contribution in [2.75, 3.05) is 26.2 Å². The molecule has 5 heteroatoms. The molecule has 1 amide bonds. The van der Waals surface area contributed by atoms with E-state index in [1.165, 1.54) is 4.90 Å². The molecule has 150 valence electrons. The lowest BCUT2D eigenvalue weighted by molar-refractivity contribution is -0.895. The van der Waals surface area contributed by atoms with E-state index in [1.807, 2.05) is 48.2 Å². The fraction of sp³-hybridized carbons (Fsp3) is 0.333. The maximum atomic E-state index is 13.4. The van der Waals surface area contributed by atoms with Crippen molar-refractivity contribution in [2.24, 2.45) is 0 Å². The third-order valence-corrected chi connectivity index (χ3v) is 5.97. The molecule has 1 aromatic heterocycles. The number of nitrogens with zero attached hydrogens (tertiary/aromatic N) is 1. The van der Waals surface area contributed by atoms with Gasteiger partial charge < -0.3 is 14.2 Å². The molecule has 4 rings (SSSR count). The monoisotopic (exact) mass is 391 g/mol. The second kappa shape index (κ2) is 7.84. The molecule has 29 heavy (non-hydrogen) atoms. The Bertz CT molecular complexity index is 1100. The minimum Gasteiger partial charge on any atom is -0.450 e. The molecular formula is C24H27N2O3+. The van der Waals surface area contributed by atoms with Crippen molar-refractivity contribution >= 4 is 16.9 Å². The number of nitrogens with one attached hydrogen (secondary N) is 1. The van der Waals surface area contributed by atoms with Crippen LogP contribution in [0.3, 0.4) is 0 Å². The molecule has 1 atom stereocenters. The predicted octanol–water partition coefficient (Wildman–Crippen LogP) is 2.57. The highest BCUT2D eigenvalue weighted by molar-refractivity contribution is 5.99. The smallest absolute Gasteiger partial charge is 0.291 e. The van der Waals surface area contributed by atoms with E-state index in [0.717, 1.165) is 30.8 Å². The highest BCUT2D eigenvalue weighted by atomic mass is 16.3. The highest BCUT2D eigenvalue weighted by Gasteiger charge is 2.42. The normalized spacial score (nSPS) is 16.1. The van der Waals surface area contributed by atoms with Crippen LogP contribution in [0.4, 0.5) is 0 Å². The lowest BCUT2D eigenvalue weighted by atomic mass is 9.98. The van der Waals surface area contributed by atoms with Crippen LogP contribution < -0.4 is 10.3 Å². The molecule has 0 unspecified atom stereocenters. The zero-order valence-corrected chi connectivity index (χ0v) is 17.2. The number of likely N-dealkylation sites (N-methyl/N-ethyl adjacent to an activating group) is 1. The Morgan fingerprint density at radius 1 is 1.00 bits per heavy atom. The highest BCUT2D eigenvalue weighted by Crippen LogP contribution is 2.37. The Hall–Kier alpha value is -2.92. The maximum absolute atomic E-state index is 13.4. The van der Waals surface area contributed by atoms with Gasteiger partial charge in [-0.3, -0.25) is 9.59 Å². The van der Waals surface area contributed by atoms with Gasteiger partial charge in [0.05, 0.1) is 43.2 Å². The summed E-state index contributed by atoms with van der Waals surface area (Å²) in [5.74, 6) is -0.00574. The second-order valence-electron chi connectivity index (χ2n) is 7.69. The summed E-state index contributed by atoms with van der Waals surface area (Å²) in [7, 11) is 0. The fourth-order valence-electron chi connectivity index (χ4n) is 4.18. The summed E-state index contributed by atoms with van der Waals surface area (Å²) in [6.07, 6.45) is 0. The van der Waals surface area contributed by atoms with Gasteiger partial charge in [-0.1, -0.05) is 42.0 Å². The summed E-state index contributed by atoms with van der Waals surface area (Å²) in [6, 6.07) is 14.8. The number of hydrogen-bond donors (Lipinski definition) is 1. The van der Waals surface area contributed by atoms with Crippen molar-refractivity contribution in [3.05, 3.63) is 81.2 Å². The second-order valence-corrected chi connectivity index (χ2v) is 7.69. The summed E-state index contributed by atoms with van der Waals surface area (Å²) in [4.78, 5) is 29.9. The van der Waals surface area contributed by atoms with Crippen LogP contribution in [0.15, 0.2) is 57.7 Å². The number of aryl methyl sites for hydroxylation is 1. The summed E-state index contributed by atoms with van der Waals surface area (Å²) >= 11 is 0. The minimum atomic E-state index is -0.408. The maximum Gasteiger partial charge on any atom is 0.291 e. The third-order valence-electron chi connectivity index (χ3n) is 5.97. The fourth-order valence-corrected chi connectivity index (χ4v) is 4.18. The number of amides is 1. The van der Waals surface area contributed by atoms with Gasteiger partial charge in [-0.2, -0.15) is 0 Å². The summed E-state index contributed by atoms with van der Waals surface area (Å²) in [5.41, 5.74) is 2.90. The lowest BCUT2D eigenvalue weighted by Crippen LogP contribution is -3.12. The molecular weight excluding hydrogens is 364 g/mol. The zero-order valence-electron chi connectivity index (χ0n) is 17.2. The quantitative estimate of drug-likeness (QED) is 0.703. The lowest BCUT2D eigenvalue weighted by Gasteiger charge is -2.26. The molecule has 1 N–H and O–H groups in total. The molecule has 0 aliphatic carbocycles. The molecule has 0 saturated carbocycles. The summed E-state index contributed by atoms with van der Waals surface area (Å²) < 4.78 is 5.96. The number of rotatable bonds is 6. The largest absolute Gasteiger partial charge is 0.450 e. The number of carbonyl (C=O) groups excluding carboxylic acids is 1. The molecule has 2 heterocycles. The molecule has 0 spiro atoms. The van der Waals surface area contributed by atoms with Crippen LogP contribution in [0.1, 0.15) is 47.1 Å². The molecule has 5 nitrogen and oxygen atoms in total. The number of benzene rings is 2. The molecule has 1 aliphatic heterocycles. The van der Waals surface area contributed by atoms with Crippen molar-refractivity contribution in [2.45, 2.75) is 26.8 Å². The van der Waals surface area contributed by atoms with E-state index in [2.05, 4.69) is 13.8 Å². The standard InChI is InChI=1S/C24H26N2O3/c1-4-25(5-2)14-15-26-21(17-12-10-16(3)11-13-17)20-22(27)18-8-6-7-9-19(18)29-23(20)24(26)28/h6-13,21H,4-5,14-15H2,1-3H3/p+1/t21-/m0/s1. The number of carbonyl (C=O) groups is 1. The van der Waals surface area contributed by atoms with E-state index in [9.17, 15) is 9.59 Å². The van der Waals surface area contributed by atoms with Crippen molar-refractivity contribution in [1.82, 2.24) is 4.90 Å². The first-order chi connectivity index (χ1) is 14.0. The Kier molecular flexibility index (Phi) is 5.24. The van der Waals surface area contributed by atoms with Gasteiger partial charge in [0.15, 0.2) is 5.43 Å². The van der Waals surface area contributed by atoms with Gasteiger partial charge in [0.1, 0.15) is 5.58 Å². The molecule has 1 aliphatic rings. The Labute approximate surface area is 170 Å². The van der Waals surface area contributed by atoms with Crippen LogP contribution in [-0.4, -0.2) is 37.0 Å². The van der Waals surface area contributed by atoms with E-state index in [4.69, 9.17) is 4.42 Å². The Morgan fingerprint density at radius 3 is 2.38 bits per heavy atom. The van der Waals surface area contributed by atoms with Crippen LogP contribution in [0, 0.1) is 6.92 Å². The third kappa shape index (κ3) is 3.36. The van der Waals surface area contributed by atoms with E-state index in [1.54, 1.807) is 12.1 Å². The Balaban J connectivity index is 1.85. The molecule has 0 fully saturated rings. The number of fused-ring (bicyclic) bond motifs is 2. The minimum absolute atomic E-state index is 0.113. The van der Waals surface area contributed by atoms with Crippen molar-refractivity contribution < 1.29 is 14.1 Å². The van der Waals surface area contributed by atoms with Crippen LogP contribution in [-0.2, 0) is 0 Å². The van der Waals surface area contributed by atoms with Crippen molar-refractivity contribution in [3.8, 4) is 0 Å². The van der Waals surface area contributed by atoms with Crippen LogP contribution >= 0.6 is 0 Å². The average Bonchev–Trinajstić information content (AvgIpc) is 3.02. The van der Waals surface area contributed by atoms with Gasteiger partial charge in [-0.25, -0.2) is 0 Å².